The van der Waals surface area contributed by atoms with Crippen LogP contribution in [-0.2, 0) is 20.6 Å². The van der Waals surface area contributed by atoms with Crippen molar-refractivity contribution in [1.82, 2.24) is 4.98 Å². The summed E-state index contributed by atoms with van der Waals surface area (Å²) in [5, 5.41) is 0.943. The molecule has 0 saturated carbocycles. The maximum atomic E-state index is 11.3. The zero-order valence-electron chi connectivity index (χ0n) is 11.7. The highest BCUT2D eigenvalue weighted by atomic mass is 31.2. The van der Waals surface area contributed by atoms with Crippen LogP contribution in [0.25, 0.3) is 10.9 Å². The second-order valence-corrected chi connectivity index (χ2v) is 6.44. The first-order valence-electron chi connectivity index (χ1n) is 6.62. The van der Waals surface area contributed by atoms with E-state index < -0.39 is 13.8 Å². The van der Waals surface area contributed by atoms with Gasteiger partial charge in [-0.25, -0.2) is 4.79 Å². The van der Waals surface area contributed by atoms with E-state index in [1.165, 1.54) is 0 Å². The highest BCUT2D eigenvalue weighted by Crippen LogP contribution is 2.34. The van der Waals surface area contributed by atoms with Crippen LogP contribution in [0.3, 0.4) is 0 Å². The van der Waals surface area contributed by atoms with Crippen molar-refractivity contribution < 1.29 is 28.6 Å². The van der Waals surface area contributed by atoms with Crippen molar-refractivity contribution in [3.05, 3.63) is 42.1 Å². The molecule has 0 amide bonds. The first kappa shape index (κ1) is 16.4. The third kappa shape index (κ3) is 5.44. The van der Waals surface area contributed by atoms with Gasteiger partial charge in [0.2, 0.25) is 0 Å². The average molecular weight is 325 g/mol. The van der Waals surface area contributed by atoms with Gasteiger partial charge in [-0.05, 0) is 18.6 Å². The van der Waals surface area contributed by atoms with Gasteiger partial charge in [-0.3, -0.25) is 9.55 Å². The number of pyridine rings is 1. The van der Waals surface area contributed by atoms with Crippen molar-refractivity contribution in [3.8, 4) is 0 Å². The Hall–Kier alpha value is -1.95. The summed E-state index contributed by atoms with van der Waals surface area (Å²) < 4.78 is 20.2. The van der Waals surface area contributed by atoms with Gasteiger partial charge in [0.05, 0.1) is 18.3 Å². The van der Waals surface area contributed by atoms with Gasteiger partial charge < -0.3 is 19.3 Å². The molecule has 118 valence electrons. The number of hydrogen-bond acceptors (Lipinski definition) is 5. The van der Waals surface area contributed by atoms with E-state index >= 15 is 0 Å². The van der Waals surface area contributed by atoms with E-state index in [0.29, 0.717) is 0 Å². The summed E-state index contributed by atoms with van der Waals surface area (Å²) in [7, 11) is -4.05. The number of para-hydroxylation sites is 1. The minimum atomic E-state index is -4.05. The Morgan fingerprint density at radius 3 is 2.77 bits per heavy atom. The van der Waals surface area contributed by atoms with Gasteiger partial charge in [0, 0.05) is 17.1 Å². The fourth-order valence-electron chi connectivity index (χ4n) is 1.81. The molecule has 0 aliphatic heterocycles. The Kier molecular flexibility index (Phi) is 5.49. The topological polar surface area (TPSA) is 106 Å². The highest BCUT2D eigenvalue weighted by molar-refractivity contribution is 7.51. The van der Waals surface area contributed by atoms with Crippen LogP contribution in [0, 0.1) is 0 Å². The van der Waals surface area contributed by atoms with Crippen molar-refractivity contribution in [2.45, 2.75) is 13.0 Å². The van der Waals surface area contributed by atoms with Crippen LogP contribution in [0.1, 0.15) is 12.0 Å². The maximum Gasteiger partial charge on any atom is 0.508 e. The van der Waals surface area contributed by atoms with E-state index in [0.717, 1.165) is 16.5 Å². The largest absolute Gasteiger partial charge is 0.508 e. The van der Waals surface area contributed by atoms with Crippen LogP contribution in [0.5, 0.6) is 0 Å². The summed E-state index contributed by atoms with van der Waals surface area (Å²) in [6, 6.07) is 9.44. The van der Waals surface area contributed by atoms with Gasteiger partial charge in [0.25, 0.3) is 0 Å². The van der Waals surface area contributed by atoms with E-state index in [1.807, 2.05) is 30.3 Å². The van der Waals surface area contributed by atoms with Gasteiger partial charge in [-0.2, -0.15) is 0 Å². The van der Waals surface area contributed by atoms with Crippen LogP contribution < -0.4 is 0 Å². The van der Waals surface area contributed by atoms with Gasteiger partial charge in [-0.1, -0.05) is 18.2 Å². The minimum Gasteiger partial charge on any atom is -0.434 e. The molecule has 0 aliphatic rings. The third-order valence-electron chi connectivity index (χ3n) is 2.82. The highest BCUT2D eigenvalue weighted by Gasteiger charge is 2.13. The summed E-state index contributed by atoms with van der Waals surface area (Å²) >= 11 is 0. The molecule has 0 aliphatic carbocycles. The number of carbonyl (C=O) groups is 1. The number of carbonyl (C=O) groups excluding carboxylic acids is 1. The molecule has 0 spiro atoms. The molecular formula is C14H16NO6P. The van der Waals surface area contributed by atoms with Crippen molar-refractivity contribution in [2.24, 2.45) is 0 Å². The molecule has 8 heteroatoms. The fraction of sp³-hybridized carbons (Fsp3) is 0.286. The summed E-state index contributed by atoms with van der Waals surface area (Å²) in [6.07, 6.45) is 0.494. The van der Waals surface area contributed by atoms with Gasteiger partial charge in [0.1, 0.15) is 6.61 Å². The summed E-state index contributed by atoms with van der Waals surface area (Å²) in [6.45, 7) is -0.0743. The lowest BCUT2D eigenvalue weighted by Crippen LogP contribution is -2.09. The van der Waals surface area contributed by atoms with E-state index in [-0.39, 0.29) is 25.8 Å². The van der Waals surface area contributed by atoms with E-state index in [9.17, 15) is 9.36 Å². The molecule has 22 heavy (non-hydrogen) atoms. The van der Waals surface area contributed by atoms with Crippen molar-refractivity contribution in [2.75, 3.05) is 12.8 Å². The standard InChI is InChI=1S/C14H16NO6P/c16-14(20-6-3-7-22(17,18)19)21-10-11-8-12-4-1-2-5-13(12)15-9-11/h1-2,4-5,8-9H,3,6-7,10H2,(H2,17,18,19). The van der Waals surface area contributed by atoms with Crippen LogP contribution in [0.15, 0.2) is 36.5 Å². The number of ether oxygens (including phenoxy) is 2. The molecule has 0 saturated heterocycles. The van der Waals surface area contributed by atoms with Crippen LogP contribution >= 0.6 is 7.60 Å². The second kappa shape index (κ2) is 7.35. The molecule has 7 nitrogen and oxygen atoms in total. The lowest BCUT2D eigenvalue weighted by molar-refractivity contribution is 0.0498. The molecule has 1 aromatic heterocycles. The minimum absolute atomic E-state index is 0.0230. The molecule has 0 radical (unpaired) electrons. The quantitative estimate of drug-likeness (QED) is 0.477. The van der Waals surface area contributed by atoms with Crippen molar-refractivity contribution in [1.29, 1.82) is 0 Å². The summed E-state index contributed by atoms with van der Waals surface area (Å²) in [5.41, 5.74) is 1.58. The summed E-state index contributed by atoms with van der Waals surface area (Å²) in [4.78, 5) is 32.9. The van der Waals surface area contributed by atoms with Crippen LogP contribution in [-0.4, -0.2) is 33.7 Å². The predicted octanol–water partition coefficient (Wildman–Crippen LogP) is 2.46. The average Bonchev–Trinajstić information content (AvgIpc) is 2.48. The zero-order valence-corrected chi connectivity index (χ0v) is 12.6. The number of benzene rings is 1. The molecular weight excluding hydrogens is 309 g/mol. The van der Waals surface area contributed by atoms with Crippen LogP contribution in [0.2, 0.25) is 0 Å². The monoisotopic (exact) mass is 325 g/mol. The van der Waals surface area contributed by atoms with E-state index in [2.05, 4.69) is 4.98 Å². The Labute approximate surface area is 127 Å². The number of hydrogen-bond donors (Lipinski definition) is 2. The maximum absolute atomic E-state index is 11.3. The summed E-state index contributed by atoms with van der Waals surface area (Å²) in [5.74, 6) is 0. The van der Waals surface area contributed by atoms with Crippen LogP contribution in [0.4, 0.5) is 4.79 Å². The molecule has 0 atom stereocenters. The van der Waals surface area contributed by atoms with Gasteiger partial charge >= 0.3 is 13.8 Å². The number of nitrogens with zero attached hydrogens (tertiary/aromatic N) is 1. The fourth-order valence-corrected chi connectivity index (χ4v) is 2.35. The zero-order chi connectivity index (χ0) is 16.0. The van der Waals surface area contributed by atoms with E-state index in [1.54, 1.807) is 6.20 Å². The Morgan fingerprint density at radius 2 is 2.00 bits per heavy atom. The molecule has 2 aromatic rings. The number of fused-ring (bicyclic) bond motifs is 1. The Morgan fingerprint density at radius 1 is 1.23 bits per heavy atom. The normalized spacial score (nSPS) is 11.4. The first-order chi connectivity index (χ1) is 10.4. The smallest absolute Gasteiger partial charge is 0.434 e. The predicted molar refractivity (Wildman–Crippen MR) is 79.4 cm³/mol. The lowest BCUT2D eigenvalue weighted by Gasteiger charge is -2.07. The molecule has 0 unspecified atom stereocenters. The SMILES string of the molecule is O=C(OCCCP(=O)(O)O)OCc1cnc2ccccc2c1. The van der Waals surface area contributed by atoms with Gasteiger partial charge in [0.15, 0.2) is 0 Å². The molecule has 2 rings (SSSR count). The molecule has 2 N–H and O–H groups in total. The van der Waals surface area contributed by atoms with Crippen molar-refractivity contribution >= 4 is 24.7 Å². The van der Waals surface area contributed by atoms with Gasteiger partial charge in [-0.15, -0.1) is 0 Å². The van der Waals surface area contributed by atoms with Crippen molar-refractivity contribution in [3.63, 3.8) is 0 Å². The number of aromatic nitrogens is 1. The number of rotatable bonds is 6. The Balaban J connectivity index is 1.76. The molecule has 1 heterocycles. The molecule has 1 aromatic carbocycles. The second-order valence-electron chi connectivity index (χ2n) is 4.67. The first-order valence-corrected chi connectivity index (χ1v) is 8.41. The third-order valence-corrected chi connectivity index (χ3v) is 3.72. The molecule has 0 bridgehead atoms. The Bertz CT molecular complexity index is 699. The van der Waals surface area contributed by atoms with E-state index in [4.69, 9.17) is 19.3 Å². The lowest BCUT2D eigenvalue weighted by atomic mass is 10.2. The molecule has 0 fully saturated rings.